The van der Waals surface area contributed by atoms with Crippen LogP contribution in [-0.4, -0.2) is 21.6 Å². The van der Waals surface area contributed by atoms with E-state index in [0.29, 0.717) is 24.0 Å². The van der Waals surface area contributed by atoms with Gasteiger partial charge in [0.25, 0.3) is 5.91 Å². The lowest BCUT2D eigenvalue weighted by Gasteiger charge is -2.14. The van der Waals surface area contributed by atoms with Gasteiger partial charge < -0.3 is 25.1 Å². The minimum Gasteiger partial charge on any atom is -0.530 e. The van der Waals surface area contributed by atoms with Gasteiger partial charge in [-0.2, -0.15) is 13.2 Å². The lowest BCUT2D eigenvalue weighted by Crippen LogP contribution is -2.38. The van der Waals surface area contributed by atoms with E-state index in [1.54, 1.807) is 13.2 Å². The number of pyridine rings is 1. The van der Waals surface area contributed by atoms with Crippen LogP contribution in [0.3, 0.4) is 0 Å². The Morgan fingerprint density at radius 2 is 2.12 bits per heavy atom. The minimum atomic E-state index is -4.61. The van der Waals surface area contributed by atoms with E-state index in [4.69, 9.17) is 0 Å². The molecule has 0 aliphatic heterocycles. The predicted octanol–water partition coefficient (Wildman–Crippen LogP) is 1.61. The molecule has 2 aromatic rings. The number of carboxylic acid groups (broad SMARTS) is 1. The predicted molar refractivity (Wildman–Crippen MR) is 82.2 cm³/mol. The molecule has 0 saturated carbocycles. The maximum atomic E-state index is 12.7. The topological polar surface area (TPSA) is 99.1 Å². The van der Waals surface area contributed by atoms with E-state index in [9.17, 15) is 27.9 Å². The molecule has 2 heterocycles. The Morgan fingerprint density at radius 1 is 1.38 bits per heavy atom. The minimum absolute atomic E-state index is 0.0327. The third-order valence-electron chi connectivity index (χ3n) is 4.19. The molecule has 1 aliphatic rings. The first-order valence-corrected chi connectivity index (χ1v) is 7.67. The molecule has 0 fully saturated rings. The zero-order chi connectivity index (χ0) is 19.1. The van der Waals surface area contributed by atoms with Crippen molar-refractivity contribution in [3.8, 4) is 0 Å². The molecule has 1 aliphatic carbocycles. The second-order valence-electron chi connectivity index (χ2n) is 5.93. The summed E-state index contributed by atoms with van der Waals surface area (Å²) in [7, 11) is 1.61. The van der Waals surface area contributed by atoms with E-state index in [2.05, 4.69) is 15.6 Å². The van der Waals surface area contributed by atoms with Gasteiger partial charge in [0.2, 0.25) is 0 Å². The molecule has 0 saturated heterocycles. The summed E-state index contributed by atoms with van der Waals surface area (Å²) >= 11 is 0. The molecule has 2 amide bonds. The first-order valence-electron chi connectivity index (χ1n) is 7.67. The SMILES string of the molecule is Cn1cc2c(c1C(=O)Nc1ccnc(C(F)(F)F)c1)CCC2NC(=O)[O-]. The Kier molecular flexibility index (Phi) is 4.34. The van der Waals surface area contributed by atoms with Gasteiger partial charge in [-0.05, 0) is 36.1 Å². The van der Waals surface area contributed by atoms with Crippen LogP contribution in [0.15, 0.2) is 24.5 Å². The van der Waals surface area contributed by atoms with Gasteiger partial charge in [0, 0.05) is 25.1 Å². The molecule has 0 spiro atoms. The summed E-state index contributed by atoms with van der Waals surface area (Å²) in [6.07, 6.45) is -2.48. The van der Waals surface area contributed by atoms with Gasteiger partial charge in [-0.25, -0.2) is 0 Å². The first-order chi connectivity index (χ1) is 12.2. The lowest BCUT2D eigenvalue weighted by atomic mass is 10.1. The van der Waals surface area contributed by atoms with Crippen LogP contribution in [0, 0.1) is 0 Å². The molecular weight excluding hydrogens is 353 g/mol. The average molecular weight is 367 g/mol. The van der Waals surface area contributed by atoms with E-state index < -0.39 is 29.9 Å². The van der Waals surface area contributed by atoms with Crippen molar-refractivity contribution < 1.29 is 27.9 Å². The maximum Gasteiger partial charge on any atom is 0.433 e. The number of hydrogen-bond donors (Lipinski definition) is 2. The number of anilines is 1. The second-order valence-corrected chi connectivity index (χ2v) is 5.93. The molecule has 0 radical (unpaired) electrons. The largest absolute Gasteiger partial charge is 0.530 e. The van der Waals surface area contributed by atoms with Gasteiger partial charge in [0.05, 0.1) is 6.04 Å². The lowest BCUT2D eigenvalue weighted by molar-refractivity contribution is -0.251. The number of aryl methyl sites for hydroxylation is 1. The molecule has 2 N–H and O–H groups in total. The Labute approximate surface area is 145 Å². The molecular formula is C16H14F3N4O3-. The van der Waals surface area contributed by atoms with Crippen molar-refractivity contribution in [1.29, 1.82) is 0 Å². The van der Waals surface area contributed by atoms with Crippen LogP contribution in [0.4, 0.5) is 23.7 Å². The van der Waals surface area contributed by atoms with E-state index in [1.165, 1.54) is 10.6 Å². The standard InChI is InChI=1S/C16H15F3N4O3/c1-23-7-10-9(2-3-11(10)22-15(25)26)13(23)14(24)21-8-4-5-20-12(6-8)16(17,18)19/h4-7,11,22H,2-3H2,1H3,(H,25,26)(H,20,21,24)/p-1. The normalized spacial score (nSPS) is 16.2. The van der Waals surface area contributed by atoms with Crippen LogP contribution in [-0.2, 0) is 19.6 Å². The third kappa shape index (κ3) is 3.35. The third-order valence-corrected chi connectivity index (χ3v) is 4.19. The summed E-state index contributed by atoms with van der Waals surface area (Å²) in [5.41, 5.74) is 0.453. The van der Waals surface area contributed by atoms with Crippen molar-refractivity contribution in [2.75, 3.05) is 5.32 Å². The summed E-state index contributed by atoms with van der Waals surface area (Å²) < 4.78 is 39.7. The second kappa shape index (κ2) is 6.36. The molecule has 1 atom stereocenters. The van der Waals surface area contributed by atoms with Crippen molar-refractivity contribution >= 4 is 17.7 Å². The van der Waals surface area contributed by atoms with Gasteiger partial charge in [-0.3, -0.25) is 9.78 Å². The monoisotopic (exact) mass is 367 g/mol. The molecule has 0 bridgehead atoms. The molecule has 138 valence electrons. The van der Waals surface area contributed by atoms with Gasteiger partial charge >= 0.3 is 6.18 Å². The summed E-state index contributed by atoms with van der Waals surface area (Å²) in [5, 5.41) is 15.5. The van der Waals surface area contributed by atoms with Gasteiger partial charge in [-0.1, -0.05) is 0 Å². The van der Waals surface area contributed by atoms with E-state index in [1.807, 2.05) is 0 Å². The van der Waals surface area contributed by atoms with Crippen LogP contribution in [0.2, 0.25) is 0 Å². The van der Waals surface area contributed by atoms with Crippen LogP contribution >= 0.6 is 0 Å². The number of nitrogens with zero attached hydrogens (tertiary/aromatic N) is 2. The van der Waals surface area contributed by atoms with Gasteiger partial charge in [0.1, 0.15) is 17.5 Å². The fourth-order valence-electron chi connectivity index (χ4n) is 3.15. The Morgan fingerprint density at radius 3 is 2.77 bits per heavy atom. The van der Waals surface area contributed by atoms with Crippen molar-refractivity contribution in [3.63, 3.8) is 0 Å². The molecule has 3 rings (SSSR count). The molecule has 10 heteroatoms. The number of hydrogen-bond acceptors (Lipinski definition) is 4. The Hall–Kier alpha value is -3.04. The van der Waals surface area contributed by atoms with Crippen molar-refractivity contribution in [1.82, 2.24) is 14.9 Å². The number of alkyl halides is 3. The van der Waals surface area contributed by atoms with Crippen molar-refractivity contribution in [2.45, 2.75) is 25.1 Å². The number of halogens is 3. The summed E-state index contributed by atoms with van der Waals surface area (Å²) in [6, 6.07) is 1.54. The number of carbonyl (C=O) groups excluding carboxylic acids is 2. The highest BCUT2D eigenvalue weighted by atomic mass is 19.4. The highest BCUT2D eigenvalue weighted by Gasteiger charge is 2.33. The summed E-state index contributed by atoms with van der Waals surface area (Å²) in [6.45, 7) is 0. The van der Waals surface area contributed by atoms with Gasteiger partial charge in [-0.15, -0.1) is 0 Å². The van der Waals surface area contributed by atoms with Crippen molar-refractivity contribution in [3.05, 3.63) is 47.0 Å². The fraction of sp³-hybridized carbons (Fsp3) is 0.312. The molecule has 7 nitrogen and oxygen atoms in total. The first kappa shape index (κ1) is 17.8. The van der Waals surface area contributed by atoms with Crippen LogP contribution < -0.4 is 15.7 Å². The number of nitrogens with one attached hydrogen (secondary N) is 2. The molecule has 26 heavy (non-hydrogen) atoms. The van der Waals surface area contributed by atoms with E-state index in [0.717, 1.165) is 12.3 Å². The highest BCUT2D eigenvalue weighted by molar-refractivity contribution is 6.04. The van der Waals surface area contributed by atoms with Gasteiger partial charge in [0.15, 0.2) is 0 Å². The number of aromatic nitrogens is 2. The number of amides is 2. The number of rotatable bonds is 3. The molecule has 2 aromatic heterocycles. The van der Waals surface area contributed by atoms with Crippen LogP contribution in [0.1, 0.15) is 39.8 Å². The summed E-state index contributed by atoms with van der Waals surface area (Å²) in [4.78, 5) is 26.5. The number of carbonyl (C=O) groups is 2. The smallest absolute Gasteiger partial charge is 0.433 e. The van der Waals surface area contributed by atoms with Crippen molar-refractivity contribution in [2.24, 2.45) is 7.05 Å². The molecule has 1 unspecified atom stereocenters. The highest BCUT2D eigenvalue weighted by Crippen LogP contribution is 2.35. The zero-order valence-electron chi connectivity index (χ0n) is 13.6. The fourth-order valence-corrected chi connectivity index (χ4v) is 3.15. The Balaban J connectivity index is 1.85. The summed E-state index contributed by atoms with van der Waals surface area (Å²) in [5.74, 6) is -0.581. The van der Waals surface area contributed by atoms with E-state index in [-0.39, 0.29) is 11.4 Å². The average Bonchev–Trinajstić information content (AvgIpc) is 3.05. The van der Waals surface area contributed by atoms with Crippen LogP contribution in [0.5, 0.6) is 0 Å². The number of fused-ring (bicyclic) bond motifs is 1. The molecule has 0 aromatic carbocycles. The quantitative estimate of drug-likeness (QED) is 0.861. The Bertz CT molecular complexity index is 876. The maximum absolute atomic E-state index is 12.7. The zero-order valence-corrected chi connectivity index (χ0v) is 13.6. The van der Waals surface area contributed by atoms with E-state index >= 15 is 0 Å². The van der Waals surface area contributed by atoms with Crippen LogP contribution in [0.25, 0.3) is 0 Å².